The molecule has 1 unspecified atom stereocenters. The number of esters is 1. The molecule has 0 saturated heterocycles. The minimum Gasteiger partial charge on any atom is -0.449 e. The fourth-order valence-electron chi connectivity index (χ4n) is 3.45. The Hall–Kier alpha value is -2.71. The first-order valence-corrected chi connectivity index (χ1v) is 11.8. The number of nitrogens with zero attached hydrogens (tertiary/aromatic N) is 1. The van der Waals surface area contributed by atoms with Crippen LogP contribution in [0.1, 0.15) is 34.8 Å². The van der Waals surface area contributed by atoms with Crippen LogP contribution in [0.25, 0.3) is 0 Å². The quantitative estimate of drug-likeness (QED) is 0.681. The van der Waals surface area contributed by atoms with E-state index in [4.69, 9.17) is 4.74 Å². The predicted octanol–water partition coefficient (Wildman–Crippen LogP) is 2.30. The number of anilines is 1. The predicted molar refractivity (Wildman–Crippen MR) is 115 cm³/mol. The van der Waals surface area contributed by atoms with Gasteiger partial charge in [0.15, 0.2) is 6.10 Å². The van der Waals surface area contributed by atoms with Gasteiger partial charge < -0.3 is 9.64 Å². The molecule has 0 aromatic heterocycles. The third kappa shape index (κ3) is 5.67. The Morgan fingerprint density at radius 2 is 1.83 bits per heavy atom. The van der Waals surface area contributed by atoms with Gasteiger partial charge >= 0.3 is 5.97 Å². The first-order valence-electron chi connectivity index (χ1n) is 9.88. The van der Waals surface area contributed by atoms with E-state index in [1.807, 2.05) is 24.3 Å². The monoisotopic (exact) mass is 430 g/mol. The average Bonchev–Trinajstić information content (AvgIpc) is 2.72. The van der Waals surface area contributed by atoms with E-state index in [1.165, 1.54) is 0 Å². The van der Waals surface area contributed by atoms with Gasteiger partial charge in [-0.1, -0.05) is 30.3 Å². The number of rotatable bonds is 7. The van der Waals surface area contributed by atoms with Crippen molar-refractivity contribution in [2.45, 2.75) is 32.3 Å². The summed E-state index contributed by atoms with van der Waals surface area (Å²) >= 11 is 0. The van der Waals surface area contributed by atoms with E-state index in [9.17, 15) is 18.0 Å². The maximum absolute atomic E-state index is 12.9. The second-order valence-corrected chi connectivity index (χ2v) is 9.22. The summed E-state index contributed by atoms with van der Waals surface area (Å²) in [7, 11) is -3.23. The molecule has 1 N–H and O–H groups in total. The van der Waals surface area contributed by atoms with E-state index in [0.29, 0.717) is 18.5 Å². The highest BCUT2D eigenvalue weighted by molar-refractivity contribution is 7.88. The van der Waals surface area contributed by atoms with Crippen molar-refractivity contribution in [1.82, 2.24) is 4.72 Å². The molecule has 1 amide bonds. The summed E-state index contributed by atoms with van der Waals surface area (Å²) in [6.07, 6.45) is 2.52. The van der Waals surface area contributed by atoms with Crippen LogP contribution in [0.2, 0.25) is 0 Å². The summed E-state index contributed by atoms with van der Waals surface area (Å²) in [5, 5.41) is 0. The molecule has 1 aliphatic rings. The molecule has 0 fully saturated rings. The molecule has 0 spiro atoms. The molecule has 0 aliphatic carbocycles. The Balaban J connectivity index is 1.58. The van der Waals surface area contributed by atoms with Gasteiger partial charge in [-0.3, -0.25) is 4.79 Å². The van der Waals surface area contributed by atoms with Gasteiger partial charge in [-0.25, -0.2) is 17.9 Å². The van der Waals surface area contributed by atoms with Crippen molar-refractivity contribution in [3.8, 4) is 0 Å². The Kier molecular flexibility index (Phi) is 6.89. The molecule has 0 saturated carbocycles. The van der Waals surface area contributed by atoms with Crippen LogP contribution >= 0.6 is 0 Å². The lowest BCUT2D eigenvalue weighted by molar-refractivity contribution is -0.126. The van der Waals surface area contributed by atoms with Gasteiger partial charge in [-0.15, -0.1) is 0 Å². The van der Waals surface area contributed by atoms with Crippen molar-refractivity contribution in [3.05, 3.63) is 65.2 Å². The minimum absolute atomic E-state index is 0.237. The van der Waals surface area contributed by atoms with Gasteiger partial charge in [0.05, 0.1) is 11.8 Å². The minimum atomic E-state index is -3.23. The SMILES string of the molecule is CC(OC(=O)c1ccc(CCNS(C)(=O)=O)cc1)C(=O)N1CCCc2ccccc21. The Morgan fingerprint density at radius 3 is 2.53 bits per heavy atom. The first kappa shape index (κ1) is 22.0. The Morgan fingerprint density at radius 1 is 1.13 bits per heavy atom. The van der Waals surface area contributed by atoms with Crippen LogP contribution in [0.5, 0.6) is 0 Å². The highest BCUT2D eigenvalue weighted by Gasteiger charge is 2.28. The fourth-order valence-corrected chi connectivity index (χ4v) is 3.92. The van der Waals surface area contributed by atoms with Crippen molar-refractivity contribution in [2.24, 2.45) is 0 Å². The lowest BCUT2D eigenvalue weighted by Crippen LogP contribution is -2.42. The zero-order valence-corrected chi connectivity index (χ0v) is 17.9. The number of aryl methyl sites for hydroxylation is 1. The van der Waals surface area contributed by atoms with E-state index in [0.717, 1.165) is 35.9 Å². The Bertz CT molecular complexity index is 1020. The molecule has 8 heteroatoms. The van der Waals surface area contributed by atoms with E-state index < -0.39 is 22.1 Å². The maximum atomic E-state index is 12.9. The van der Waals surface area contributed by atoms with Gasteiger partial charge in [0, 0.05) is 18.8 Å². The van der Waals surface area contributed by atoms with E-state index in [-0.39, 0.29) is 12.5 Å². The molecular formula is C22H26N2O5S. The molecule has 3 rings (SSSR count). The summed E-state index contributed by atoms with van der Waals surface area (Å²) in [5.41, 5.74) is 3.23. The van der Waals surface area contributed by atoms with Gasteiger partial charge in [0.1, 0.15) is 0 Å². The third-order valence-corrected chi connectivity index (χ3v) is 5.70. The number of para-hydroxylation sites is 1. The van der Waals surface area contributed by atoms with Crippen molar-refractivity contribution in [1.29, 1.82) is 0 Å². The molecule has 30 heavy (non-hydrogen) atoms. The summed E-state index contributed by atoms with van der Waals surface area (Å²) in [4.78, 5) is 27.0. The number of fused-ring (bicyclic) bond motifs is 1. The van der Waals surface area contributed by atoms with E-state index in [1.54, 1.807) is 36.1 Å². The molecular weight excluding hydrogens is 404 g/mol. The second kappa shape index (κ2) is 9.40. The highest BCUT2D eigenvalue weighted by atomic mass is 32.2. The molecule has 0 radical (unpaired) electrons. The average molecular weight is 431 g/mol. The number of benzene rings is 2. The van der Waals surface area contributed by atoms with Crippen LogP contribution in [-0.4, -0.2) is 45.7 Å². The largest absolute Gasteiger partial charge is 0.449 e. The van der Waals surface area contributed by atoms with Gasteiger partial charge in [0.25, 0.3) is 5.91 Å². The number of sulfonamides is 1. The molecule has 0 bridgehead atoms. The smallest absolute Gasteiger partial charge is 0.338 e. The summed E-state index contributed by atoms with van der Waals surface area (Å²) in [6.45, 7) is 2.47. The number of amides is 1. The van der Waals surface area contributed by atoms with Crippen LogP contribution in [0, 0.1) is 0 Å². The topological polar surface area (TPSA) is 92.8 Å². The fraction of sp³-hybridized carbons (Fsp3) is 0.364. The number of hydrogen-bond acceptors (Lipinski definition) is 5. The zero-order chi connectivity index (χ0) is 21.7. The van der Waals surface area contributed by atoms with Crippen LogP contribution in [-0.2, 0) is 32.4 Å². The van der Waals surface area contributed by atoms with E-state index >= 15 is 0 Å². The van der Waals surface area contributed by atoms with Crippen LogP contribution in [0.3, 0.4) is 0 Å². The summed E-state index contributed by atoms with van der Waals surface area (Å²) in [6, 6.07) is 14.5. The van der Waals surface area contributed by atoms with Crippen molar-refractivity contribution in [3.63, 3.8) is 0 Å². The Labute approximate surface area is 177 Å². The highest BCUT2D eigenvalue weighted by Crippen LogP contribution is 2.27. The normalized spacial score (nSPS) is 14.7. The lowest BCUT2D eigenvalue weighted by atomic mass is 10.0. The number of carbonyl (C=O) groups excluding carboxylic acids is 2. The van der Waals surface area contributed by atoms with Crippen molar-refractivity contribution in [2.75, 3.05) is 24.2 Å². The molecule has 7 nitrogen and oxygen atoms in total. The lowest BCUT2D eigenvalue weighted by Gasteiger charge is -2.31. The van der Waals surface area contributed by atoms with Crippen molar-refractivity contribution >= 4 is 27.6 Å². The van der Waals surface area contributed by atoms with Crippen LogP contribution < -0.4 is 9.62 Å². The number of carbonyl (C=O) groups is 2. The van der Waals surface area contributed by atoms with Crippen LogP contribution in [0.15, 0.2) is 48.5 Å². The summed E-state index contributed by atoms with van der Waals surface area (Å²) < 4.78 is 30.0. The standard InChI is InChI=1S/C22H26N2O5S/c1-16(21(25)24-15-5-7-18-6-3-4-8-20(18)24)29-22(26)19-11-9-17(10-12-19)13-14-23-30(2,27)28/h3-4,6,8-12,16,23H,5,7,13-15H2,1-2H3. The molecule has 1 heterocycles. The molecule has 1 aliphatic heterocycles. The second-order valence-electron chi connectivity index (χ2n) is 7.38. The maximum Gasteiger partial charge on any atom is 0.338 e. The first-order chi connectivity index (χ1) is 14.2. The molecule has 1 atom stereocenters. The van der Waals surface area contributed by atoms with Crippen molar-refractivity contribution < 1.29 is 22.7 Å². The summed E-state index contributed by atoms with van der Waals surface area (Å²) in [5.74, 6) is -0.805. The number of nitrogens with one attached hydrogen (secondary N) is 1. The molecule has 2 aromatic carbocycles. The number of ether oxygens (including phenoxy) is 1. The zero-order valence-electron chi connectivity index (χ0n) is 17.1. The van der Waals surface area contributed by atoms with Gasteiger partial charge in [0.2, 0.25) is 10.0 Å². The van der Waals surface area contributed by atoms with E-state index in [2.05, 4.69) is 4.72 Å². The van der Waals surface area contributed by atoms with Crippen LogP contribution in [0.4, 0.5) is 5.69 Å². The third-order valence-electron chi connectivity index (χ3n) is 4.98. The number of hydrogen-bond donors (Lipinski definition) is 1. The molecule has 2 aromatic rings. The molecule has 160 valence electrons. The van der Waals surface area contributed by atoms with Gasteiger partial charge in [-0.05, 0) is 55.5 Å². The van der Waals surface area contributed by atoms with Gasteiger partial charge in [-0.2, -0.15) is 0 Å².